The fourth-order valence-electron chi connectivity index (χ4n) is 1.94. The summed E-state index contributed by atoms with van der Waals surface area (Å²) in [4.78, 5) is 22.3. The van der Waals surface area contributed by atoms with Gasteiger partial charge in [0.1, 0.15) is 0 Å². The summed E-state index contributed by atoms with van der Waals surface area (Å²) in [6, 6.07) is 0. The Balaban J connectivity index is -0.000000270. The zero-order chi connectivity index (χ0) is 14.3. The van der Waals surface area contributed by atoms with E-state index in [0.29, 0.717) is 6.42 Å². The molecule has 0 aromatic carbocycles. The van der Waals surface area contributed by atoms with Gasteiger partial charge < -0.3 is 12.9 Å². The van der Waals surface area contributed by atoms with Gasteiger partial charge in [-0.2, -0.15) is 0 Å². The number of hydrogen-bond acceptors (Lipinski definition) is 4. The maximum Gasteiger partial charge on any atom is 1.00 e. The molecule has 21 heavy (non-hydrogen) atoms. The van der Waals surface area contributed by atoms with E-state index in [4.69, 9.17) is 0 Å². The van der Waals surface area contributed by atoms with E-state index in [1.165, 1.54) is 44.9 Å². The Bertz CT molecular complexity index is 261. The maximum absolute atomic E-state index is 11.3. The van der Waals surface area contributed by atoms with Gasteiger partial charge in [0.05, 0.1) is 6.54 Å². The molecule has 0 heterocycles. The van der Waals surface area contributed by atoms with Crippen LogP contribution in [0, 0.1) is 0 Å². The molecular weight excluding hydrogens is 288 g/mol. The second-order valence-corrected chi connectivity index (χ2v) is 4.95. The molecule has 0 saturated carbocycles. The third-order valence-electron chi connectivity index (χ3n) is 3.03. The summed E-state index contributed by atoms with van der Waals surface area (Å²) < 4.78 is 4.62. The summed E-state index contributed by atoms with van der Waals surface area (Å²) in [5, 5.41) is 2.65. The molecule has 0 atom stereocenters. The van der Waals surface area contributed by atoms with Crippen molar-refractivity contribution in [1.82, 2.24) is 5.32 Å². The monoisotopic (exact) mass is 319 g/mol. The summed E-state index contributed by atoms with van der Waals surface area (Å²) in [5.41, 5.74) is 0. The van der Waals surface area contributed by atoms with Crippen LogP contribution in [0.5, 0.6) is 0 Å². The van der Waals surface area contributed by atoms with Crippen molar-refractivity contribution in [1.29, 1.82) is 0 Å². The molecule has 0 aromatic heterocycles. The first-order valence-corrected chi connectivity index (χ1v) is 7.58. The molecule has 0 aliphatic rings. The summed E-state index contributed by atoms with van der Waals surface area (Å²) in [5.74, 6) is -0.897. The fraction of sp³-hybridized carbons (Fsp3) is 0.867. The molecule has 0 aliphatic carbocycles. The topological polar surface area (TPSA) is 55.4 Å². The van der Waals surface area contributed by atoms with Gasteiger partial charge in [0.15, 0.2) is 0 Å². The second-order valence-electron chi connectivity index (χ2n) is 4.95. The van der Waals surface area contributed by atoms with Gasteiger partial charge in [0.25, 0.3) is 0 Å². The summed E-state index contributed by atoms with van der Waals surface area (Å²) in [6.45, 7) is 2.31. The van der Waals surface area contributed by atoms with Crippen molar-refractivity contribution >= 4 is 11.9 Å². The van der Waals surface area contributed by atoms with Crippen LogP contribution < -0.4 is 64.4 Å². The molecule has 0 spiro atoms. The smallest absolute Gasteiger partial charge is 1.00 e. The average Bonchev–Trinajstić information content (AvgIpc) is 2.37. The molecule has 6 heteroatoms. The molecule has 0 aliphatic heterocycles. The van der Waals surface area contributed by atoms with Gasteiger partial charge in [-0.05, 0) is 13.5 Å². The number of unbranched alkanes of at least 4 members (excludes halogenated alkanes) is 8. The first-order chi connectivity index (χ1) is 9.20. The molecule has 0 aromatic rings. The van der Waals surface area contributed by atoms with E-state index < -0.39 is 11.9 Å². The van der Waals surface area contributed by atoms with Crippen molar-refractivity contribution in [3.05, 3.63) is 0 Å². The molecule has 0 bridgehead atoms. The van der Waals surface area contributed by atoms with Gasteiger partial charge in [-0.25, -0.2) is 0 Å². The zero-order valence-corrected chi connectivity index (χ0v) is 18.5. The molecule has 0 saturated heterocycles. The Kier molecular flexibility index (Phi) is 27.1. The minimum absolute atomic E-state index is 0. The van der Waals surface area contributed by atoms with E-state index in [2.05, 4.69) is 17.0 Å². The van der Waals surface area contributed by atoms with Crippen LogP contribution >= 0.6 is 0 Å². The number of hydrogen-bond donors (Lipinski definition) is 1. The Morgan fingerprint density at radius 3 is 1.81 bits per heavy atom. The first-order valence-electron chi connectivity index (χ1n) is 7.58. The molecule has 0 rings (SSSR count). The van der Waals surface area contributed by atoms with Crippen LogP contribution in [0.4, 0.5) is 0 Å². The van der Waals surface area contributed by atoms with Gasteiger partial charge in [-0.1, -0.05) is 58.3 Å². The van der Waals surface area contributed by atoms with Gasteiger partial charge >= 0.3 is 71.1 Å². The van der Waals surface area contributed by atoms with Crippen LogP contribution in [0.2, 0.25) is 0 Å². The Hall–Kier alpha value is 1.10. The standard InChI is InChI=1S/C15H29NO3.2Na.2H/c1-3-4-5-6-7-8-9-10-11-12-14(17)19-15(18)13-16-2;;;;/h16H,3-13H2,1-2H3;;;;/q;2*+1;2*-1. The van der Waals surface area contributed by atoms with Crippen molar-refractivity contribution in [3.63, 3.8) is 0 Å². The molecule has 4 nitrogen and oxygen atoms in total. The van der Waals surface area contributed by atoms with Gasteiger partial charge in [0, 0.05) is 6.42 Å². The first kappa shape index (κ1) is 27.0. The van der Waals surface area contributed by atoms with Gasteiger partial charge in [-0.3, -0.25) is 9.59 Å². The van der Waals surface area contributed by atoms with Crippen molar-refractivity contribution in [2.24, 2.45) is 0 Å². The Morgan fingerprint density at radius 1 is 0.857 bits per heavy atom. The maximum atomic E-state index is 11.3. The number of esters is 2. The molecule has 0 unspecified atom stereocenters. The van der Waals surface area contributed by atoms with E-state index in [-0.39, 0.29) is 68.5 Å². The minimum atomic E-state index is -0.497. The SMILES string of the molecule is CCCCCCCCCCCC(=O)OC(=O)CNC.[H-].[H-].[Na+].[Na+]. The van der Waals surface area contributed by atoms with Gasteiger partial charge in [0.2, 0.25) is 0 Å². The second kappa shape index (κ2) is 21.1. The molecular formula is C15H31NNa2O3. The number of nitrogens with one attached hydrogen (secondary N) is 1. The van der Waals surface area contributed by atoms with Crippen LogP contribution in [0.25, 0.3) is 0 Å². The molecule has 0 radical (unpaired) electrons. The van der Waals surface area contributed by atoms with Crippen molar-refractivity contribution in [3.8, 4) is 0 Å². The van der Waals surface area contributed by atoms with Crippen LogP contribution in [0.15, 0.2) is 0 Å². The summed E-state index contributed by atoms with van der Waals surface area (Å²) in [7, 11) is 1.65. The molecule has 1 N–H and O–H groups in total. The van der Waals surface area contributed by atoms with Crippen molar-refractivity contribution < 1.29 is 76.3 Å². The number of likely N-dealkylation sites (N-methyl/N-ethyl adjacent to an activating group) is 1. The van der Waals surface area contributed by atoms with E-state index in [1.807, 2.05) is 0 Å². The average molecular weight is 319 g/mol. The van der Waals surface area contributed by atoms with E-state index in [0.717, 1.165) is 12.8 Å². The molecule has 116 valence electrons. The van der Waals surface area contributed by atoms with Crippen LogP contribution in [0.1, 0.15) is 74.0 Å². The predicted octanol–water partition coefficient (Wildman–Crippen LogP) is -2.57. The van der Waals surface area contributed by atoms with Crippen LogP contribution in [-0.4, -0.2) is 25.5 Å². The molecule has 0 fully saturated rings. The Labute approximate surface area is 177 Å². The van der Waals surface area contributed by atoms with Crippen molar-refractivity contribution in [2.75, 3.05) is 13.6 Å². The number of carbonyl (C=O) groups excluding carboxylic acids is 2. The van der Waals surface area contributed by atoms with Crippen molar-refractivity contribution in [2.45, 2.75) is 71.1 Å². The van der Waals surface area contributed by atoms with Crippen LogP contribution in [-0.2, 0) is 14.3 Å². The largest absolute Gasteiger partial charge is 1.00 e. The summed E-state index contributed by atoms with van der Waals surface area (Å²) >= 11 is 0. The summed E-state index contributed by atoms with van der Waals surface area (Å²) in [6.07, 6.45) is 11.2. The minimum Gasteiger partial charge on any atom is -1.00 e. The van der Waals surface area contributed by atoms with Crippen LogP contribution in [0.3, 0.4) is 0 Å². The predicted molar refractivity (Wildman–Crippen MR) is 79.1 cm³/mol. The quantitative estimate of drug-likeness (QED) is 0.186. The zero-order valence-electron chi connectivity index (χ0n) is 16.5. The number of rotatable bonds is 12. The number of carbonyl (C=O) groups is 2. The third kappa shape index (κ3) is 21.1. The fourth-order valence-corrected chi connectivity index (χ4v) is 1.94. The van der Waals surface area contributed by atoms with E-state index >= 15 is 0 Å². The number of ether oxygens (including phenoxy) is 1. The Morgan fingerprint density at radius 2 is 1.33 bits per heavy atom. The van der Waals surface area contributed by atoms with Gasteiger partial charge in [-0.15, -0.1) is 0 Å². The molecule has 0 amide bonds. The van der Waals surface area contributed by atoms with E-state index in [9.17, 15) is 9.59 Å². The normalized spacial score (nSPS) is 9.43. The third-order valence-corrected chi connectivity index (χ3v) is 3.03. The van der Waals surface area contributed by atoms with E-state index in [1.54, 1.807) is 7.05 Å².